The van der Waals surface area contributed by atoms with E-state index >= 15 is 0 Å². The number of hydrogen-bond acceptors (Lipinski definition) is 3. The highest BCUT2D eigenvalue weighted by atomic mass is 16.5. The second-order valence-electron chi connectivity index (χ2n) is 4.20. The van der Waals surface area contributed by atoms with Crippen LogP contribution in [0.25, 0.3) is 0 Å². The molecular formula is C12H23N3O2. The van der Waals surface area contributed by atoms with E-state index in [0.29, 0.717) is 45.1 Å². The Hall–Kier alpha value is -1.07. The number of aliphatic imine (C=N–C) groups is 1. The van der Waals surface area contributed by atoms with Crippen LogP contribution < -0.4 is 10.6 Å². The van der Waals surface area contributed by atoms with Gasteiger partial charge in [-0.1, -0.05) is 6.08 Å². The van der Waals surface area contributed by atoms with Crippen LogP contribution in [0.1, 0.15) is 19.8 Å². The van der Waals surface area contributed by atoms with Gasteiger partial charge in [-0.15, -0.1) is 6.58 Å². The van der Waals surface area contributed by atoms with Crippen molar-refractivity contribution in [3.8, 4) is 0 Å². The van der Waals surface area contributed by atoms with Crippen molar-refractivity contribution < 1.29 is 9.84 Å². The molecule has 1 saturated heterocycles. The topological polar surface area (TPSA) is 65.9 Å². The third kappa shape index (κ3) is 5.19. The average Bonchev–Trinajstić information content (AvgIpc) is 2.34. The fourth-order valence-corrected chi connectivity index (χ4v) is 1.65. The molecule has 1 rings (SSSR count). The van der Waals surface area contributed by atoms with E-state index in [9.17, 15) is 5.11 Å². The van der Waals surface area contributed by atoms with Gasteiger partial charge in [0.2, 0.25) is 0 Å². The van der Waals surface area contributed by atoms with E-state index in [4.69, 9.17) is 4.74 Å². The quantitative estimate of drug-likeness (QED) is 0.367. The van der Waals surface area contributed by atoms with Gasteiger partial charge in [-0.25, -0.2) is 0 Å². The molecule has 0 spiro atoms. The first-order chi connectivity index (χ1) is 8.20. The zero-order valence-corrected chi connectivity index (χ0v) is 10.5. The van der Waals surface area contributed by atoms with Gasteiger partial charge in [-0.2, -0.15) is 0 Å². The van der Waals surface area contributed by atoms with Crippen molar-refractivity contribution in [1.82, 2.24) is 10.6 Å². The zero-order chi connectivity index (χ0) is 12.6. The maximum absolute atomic E-state index is 10.3. The highest BCUT2D eigenvalue weighted by molar-refractivity contribution is 5.79. The lowest BCUT2D eigenvalue weighted by atomic mass is 9.95. The summed E-state index contributed by atoms with van der Waals surface area (Å²) in [4.78, 5) is 4.39. The van der Waals surface area contributed by atoms with E-state index in [0.717, 1.165) is 6.54 Å². The molecule has 98 valence electrons. The third-order valence-corrected chi connectivity index (χ3v) is 2.71. The Kier molecular flexibility index (Phi) is 6.00. The summed E-state index contributed by atoms with van der Waals surface area (Å²) in [5.74, 6) is 0.715. The van der Waals surface area contributed by atoms with Crippen LogP contribution in [-0.2, 0) is 4.74 Å². The van der Waals surface area contributed by atoms with Crippen LogP contribution in [0.4, 0.5) is 0 Å². The average molecular weight is 241 g/mol. The molecule has 0 bridgehead atoms. The third-order valence-electron chi connectivity index (χ3n) is 2.71. The van der Waals surface area contributed by atoms with Crippen LogP contribution in [0.5, 0.6) is 0 Å². The van der Waals surface area contributed by atoms with E-state index in [2.05, 4.69) is 22.2 Å². The van der Waals surface area contributed by atoms with Gasteiger partial charge >= 0.3 is 0 Å². The van der Waals surface area contributed by atoms with Gasteiger partial charge in [-0.05, 0) is 6.92 Å². The largest absolute Gasteiger partial charge is 0.388 e. The summed E-state index contributed by atoms with van der Waals surface area (Å²) >= 11 is 0. The number of guanidine groups is 1. The lowest BCUT2D eigenvalue weighted by molar-refractivity contribution is -0.0565. The minimum absolute atomic E-state index is 0.406. The minimum Gasteiger partial charge on any atom is -0.388 e. The maximum atomic E-state index is 10.3. The van der Waals surface area contributed by atoms with E-state index in [1.807, 2.05) is 6.92 Å². The lowest BCUT2D eigenvalue weighted by Crippen LogP contribution is -2.42. The number of hydrogen-bond donors (Lipinski definition) is 3. The molecule has 0 aromatic carbocycles. The second-order valence-corrected chi connectivity index (χ2v) is 4.20. The second kappa shape index (κ2) is 7.29. The Balaban J connectivity index is 2.47. The van der Waals surface area contributed by atoms with Gasteiger partial charge in [0.15, 0.2) is 5.96 Å². The Morgan fingerprint density at radius 3 is 2.76 bits per heavy atom. The molecule has 0 saturated carbocycles. The molecule has 1 fully saturated rings. The lowest BCUT2D eigenvalue weighted by Gasteiger charge is -2.30. The van der Waals surface area contributed by atoms with Crippen molar-refractivity contribution in [3.05, 3.63) is 12.7 Å². The molecule has 1 aliphatic rings. The molecule has 0 aromatic rings. The molecule has 1 aliphatic heterocycles. The van der Waals surface area contributed by atoms with E-state index in [1.165, 1.54) is 0 Å². The van der Waals surface area contributed by atoms with Crippen molar-refractivity contribution in [2.45, 2.75) is 25.4 Å². The molecule has 0 aliphatic carbocycles. The highest BCUT2D eigenvalue weighted by Gasteiger charge is 2.29. The van der Waals surface area contributed by atoms with Crippen LogP contribution in [0, 0.1) is 0 Å². The highest BCUT2D eigenvalue weighted by Crippen LogP contribution is 2.20. The molecule has 3 N–H and O–H groups in total. The predicted molar refractivity (Wildman–Crippen MR) is 69.2 cm³/mol. The molecule has 17 heavy (non-hydrogen) atoms. The molecule has 0 amide bonds. The van der Waals surface area contributed by atoms with E-state index < -0.39 is 5.60 Å². The summed E-state index contributed by atoms with van der Waals surface area (Å²) in [6.45, 7) is 8.74. The van der Waals surface area contributed by atoms with Crippen molar-refractivity contribution in [2.75, 3.05) is 32.8 Å². The summed E-state index contributed by atoms with van der Waals surface area (Å²) < 4.78 is 5.23. The number of aliphatic hydroxyl groups is 1. The standard InChI is InChI=1S/C12H23N3O2/c1-3-7-14-11(13-4-2)15-10-12(16)5-8-17-9-6-12/h3,16H,1,4-10H2,2H3,(H2,13,14,15). The van der Waals surface area contributed by atoms with E-state index in [1.54, 1.807) is 6.08 Å². The number of nitrogens with zero attached hydrogens (tertiary/aromatic N) is 1. The van der Waals surface area contributed by atoms with Crippen LogP contribution in [0.15, 0.2) is 17.6 Å². The van der Waals surface area contributed by atoms with Crippen LogP contribution in [-0.4, -0.2) is 49.5 Å². The van der Waals surface area contributed by atoms with Crippen molar-refractivity contribution in [3.63, 3.8) is 0 Å². The molecule has 0 atom stereocenters. The Morgan fingerprint density at radius 1 is 1.47 bits per heavy atom. The summed E-state index contributed by atoms with van der Waals surface area (Å²) in [6.07, 6.45) is 3.07. The van der Waals surface area contributed by atoms with Gasteiger partial charge in [-0.3, -0.25) is 4.99 Å². The minimum atomic E-state index is -0.714. The smallest absolute Gasteiger partial charge is 0.191 e. The fourth-order valence-electron chi connectivity index (χ4n) is 1.65. The van der Waals surface area contributed by atoms with Gasteiger partial charge in [0.25, 0.3) is 0 Å². The summed E-state index contributed by atoms with van der Waals surface area (Å²) in [5, 5.41) is 16.5. The van der Waals surface area contributed by atoms with Crippen LogP contribution in [0.2, 0.25) is 0 Å². The molecule has 5 heteroatoms. The maximum Gasteiger partial charge on any atom is 0.191 e. The Labute approximate surface area is 103 Å². The first-order valence-corrected chi connectivity index (χ1v) is 6.13. The Bertz CT molecular complexity index is 260. The number of rotatable bonds is 5. The van der Waals surface area contributed by atoms with Crippen molar-refractivity contribution >= 4 is 5.96 Å². The molecular weight excluding hydrogens is 218 g/mol. The molecule has 0 aromatic heterocycles. The molecule has 0 radical (unpaired) electrons. The Morgan fingerprint density at radius 2 is 2.18 bits per heavy atom. The zero-order valence-electron chi connectivity index (χ0n) is 10.5. The first kappa shape index (κ1) is 14.0. The van der Waals surface area contributed by atoms with Crippen LogP contribution in [0.3, 0.4) is 0 Å². The number of nitrogens with one attached hydrogen (secondary N) is 2. The fraction of sp³-hybridized carbons (Fsp3) is 0.750. The van der Waals surface area contributed by atoms with Crippen molar-refractivity contribution in [2.24, 2.45) is 4.99 Å². The molecule has 1 heterocycles. The number of ether oxygens (including phenoxy) is 1. The summed E-state index contributed by atoms with van der Waals surface area (Å²) in [5.41, 5.74) is -0.714. The summed E-state index contributed by atoms with van der Waals surface area (Å²) in [6, 6.07) is 0. The summed E-state index contributed by atoms with van der Waals surface area (Å²) in [7, 11) is 0. The normalized spacial score (nSPS) is 19.8. The van der Waals surface area contributed by atoms with E-state index in [-0.39, 0.29) is 0 Å². The van der Waals surface area contributed by atoms with Gasteiger partial charge in [0, 0.05) is 39.1 Å². The first-order valence-electron chi connectivity index (χ1n) is 6.13. The van der Waals surface area contributed by atoms with Gasteiger partial charge in [0.1, 0.15) is 0 Å². The SMILES string of the molecule is C=CCNC(=NCC1(O)CCOCC1)NCC. The van der Waals surface area contributed by atoms with Crippen molar-refractivity contribution in [1.29, 1.82) is 0 Å². The monoisotopic (exact) mass is 241 g/mol. The molecule has 5 nitrogen and oxygen atoms in total. The van der Waals surface area contributed by atoms with Gasteiger partial charge in [0.05, 0.1) is 12.1 Å². The van der Waals surface area contributed by atoms with Crippen LogP contribution >= 0.6 is 0 Å². The predicted octanol–water partition coefficient (Wildman–Crippen LogP) is 0.269. The van der Waals surface area contributed by atoms with Gasteiger partial charge < -0.3 is 20.5 Å². The molecule has 0 unspecified atom stereocenters.